The molecule has 0 radical (unpaired) electrons. The topological polar surface area (TPSA) is 93.1 Å². The molecule has 0 unspecified atom stereocenters. The number of anilines is 1. The monoisotopic (exact) mass is 378 g/mol. The number of aryl methyl sites for hydroxylation is 2. The molecule has 2 aromatic carbocycles. The summed E-state index contributed by atoms with van der Waals surface area (Å²) in [7, 11) is 1.60. The fourth-order valence-electron chi connectivity index (χ4n) is 2.93. The lowest BCUT2D eigenvalue weighted by Gasteiger charge is -2.11. The van der Waals surface area contributed by atoms with Crippen LogP contribution in [-0.2, 0) is 22.6 Å². The van der Waals surface area contributed by atoms with Crippen LogP contribution < -0.4 is 16.2 Å². The van der Waals surface area contributed by atoms with Crippen LogP contribution in [0.5, 0.6) is 0 Å². The molecule has 3 rings (SSSR count). The van der Waals surface area contributed by atoms with E-state index in [9.17, 15) is 14.4 Å². The largest absolute Gasteiger partial charge is 0.359 e. The van der Waals surface area contributed by atoms with Gasteiger partial charge in [-0.25, -0.2) is 4.98 Å². The number of fused-ring (bicyclic) bond motifs is 1. The number of hydrogen-bond donors (Lipinski definition) is 2. The molecule has 0 aliphatic heterocycles. The Kier molecular flexibility index (Phi) is 6.16. The smallest absolute Gasteiger partial charge is 0.261 e. The van der Waals surface area contributed by atoms with Crippen molar-refractivity contribution < 1.29 is 9.59 Å². The molecular weight excluding hydrogens is 356 g/mol. The van der Waals surface area contributed by atoms with Crippen molar-refractivity contribution in [3.05, 3.63) is 70.8 Å². The molecule has 0 atom stereocenters. The van der Waals surface area contributed by atoms with Gasteiger partial charge >= 0.3 is 0 Å². The highest BCUT2D eigenvalue weighted by molar-refractivity contribution is 5.91. The highest BCUT2D eigenvalue weighted by Gasteiger charge is 2.10. The van der Waals surface area contributed by atoms with Crippen LogP contribution >= 0.6 is 0 Å². The molecule has 0 fully saturated rings. The van der Waals surface area contributed by atoms with Gasteiger partial charge in [-0.05, 0) is 30.2 Å². The second-order valence-corrected chi connectivity index (χ2v) is 6.39. The number of rotatable bonds is 7. The molecule has 2 amide bonds. The number of aromatic nitrogens is 2. The summed E-state index contributed by atoms with van der Waals surface area (Å²) in [5, 5.41) is 5.99. The summed E-state index contributed by atoms with van der Waals surface area (Å²) in [4.78, 5) is 40.6. The summed E-state index contributed by atoms with van der Waals surface area (Å²) < 4.78 is 1.44. The second kappa shape index (κ2) is 8.94. The summed E-state index contributed by atoms with van der Waals surface area (Å²) in [6.45, 7) is 0.239. The first-order valence-electron chi connectivity index (χ1n) is 9.11. The maximum atomic E-state index is 12.5. The van der Waals surface area contributed by atoms with Crippen molar-refractivity contribution in [2.75, 3.05) is 12.4 Å². The van der Waals surface area contributed by atoms with Crippen molar-refractivity contribution in [2.45, 2.75) is 25.8 Å². The van der Waals surface area contributed by atoms with Gasteiger partial charge in [-0.3, -0.25) is 19.0 Å². The number of para-hydroxylation sites is 2. The van der Waals surface area contributed by atoms with Crippen LogP contribution in [-0.4, -0.2) is 28.4 Å². The number of nitrogens with one attached hydrogen (secondary N) is 2. The first kappa shape index (κ1) is 19.3. The summed E-state index contributed by atoms with van der Waals surface area (Å²) in [5.41, 5.74) is 2.05. The van der Waals surface area contributed by atoms with E-state index >= 15 is 0 Å². The number of hydrogen-bond acceptors (Lipinski definition) is 4. The van der Waals surface area contributed by atoms with Gasteiger partial charge in [0.25, 0.3) is 5.56 Å². The first-order chi connectivity index (χ1) is 13.6. The van der Waals surface area contributed by atoms with Crippen molar-refractivity contribution in [1.82, 2.24) is 14.9 Å². The summed E-state index contributed by atoms with van der Waals surface area (Å²) in [5.74, 6) is -0.253. The van der Waals surface area contributed by atoms with Gasteiger partial charge in [0.1, 0.15) is 0 Å². The predicted molar refractivity (Wildman–Crippen MR) is 108 cm³/mol. The SMILES string of the molecule is CNC(=O)CCc1ccccc1NC(=O)CCn1cnc2ccccc2c1=O. The van der Waals surface area contributed by atoms with E-state index in [0.717, 1.165) is 5.56 Å². The molecule has 7 heteroatoms. The predicted octanol–water partition coefficient (Wildman–Crippen LogP) is 2.10. The van der Waals surface area contributed by atoms with E-state index in [-0.39, 0.29) is 30.3 Å². The van der Waals surface area contributed by atoms with E-state index in [1.54, 1.807) is 31.3 Å². The Balaban J connectivity index is 1.65. The summed E-state index contributed by atoms with van der Waals surface area (Å²) in [6.07, 6.45) is 2.49. The van der Waals surface area contributed by atoms with Crippen LogP contribution in [0.2, 0.25) is 0 Å². The highest BCUT2D eigenvalue weighted by atomic mass is 16.2. The van der Waals surface area contributed by atoms with E-state index < -0.39 is 0 Å². The number of nitrogens with zero attached hydrogens (tertiary/aromatic N) is 2. The van der Waals surface area contributed by atoms with Crippen molar-refractivity contribution in [1.29, 1.82) is 0 Å². The van der Waals surface area contributed by atoms with Crippen molar-refractivity contribution >= 4 is 28.4 Å². The normalized spacial score (nSPS) is 10.6. The number of carbonyl (C=O) groups excluding carboxylic acids is 2. The van der Waals surface area contributed by atoms with Crippen LogP contribution in [0.25, 0.3) is 10.9 Å². The van der Waals surface area contributed by atoms with Crippen LogP contribution in [0.1, 0.15) is 18.4 Å². The molecule has 0 saturated heterocycles. The van der Waals surface area contributed by atoms with Gasteiger partial charge < -0.3 is 10.6 Å². The van der Waals surface area contributed by atoms with Gasteiger partial charge in [-0.2, -0.15) is 0 Å². The minimum Gasteiger partial charge on any atom is -0.359 e. The lowest BCUT2D eigenvalue weighted by molar-refractivity contribution is -0.120. The number of carbonyl (C=O) groups is 2. The lowest BCUT2D eigenvalue weighted by Crippen LogP contribution is -2.24. The maximum Gasteiger partial charge on any atom is 0.261 e. The Morgan fingerprint density at radius 1 is 1.00 bits per heavy atom. The second-order valence-electron chi connectivity index (χ2n) is 6.39. The van der Waals surface area contributed by atoms with Crippen LogP contribution in [0.4, 0.5) is 5.69 Å². The quantitative estimate of drug-likeness (QED) is 0.658. The van der Waals surface area contributed by atoms with Crippen molar-refractivity contribution in [3.63, 3.8) is 0 Å². The third kappa shape index (κ3) is 4.62. The van der Waals surface area contributed by atoms with Crippen LogP contribution in [0.3, 0.4) is 0 Å². The molecule has 144 valence electrons. The molecule has 0 aliphatic carbocycles. The average molecular weight is 378 g/mol. The molecule has 7 nitrogen and oxygen atoms in total. The van der Waals surface area contributed by atoms with E-state index in [4.69, 9.17) is 0 Å². The molecular formula is C21H22N4O3. The maximum absolute atomic E-state index is 12.5. The molecule has 0 saturated carbocycles. The number of amides is 2. The molecule has 1 aromatic heterocycles. The molecule has 2 N–H and O–H groups in total. The zero-order valence-corrected chi connectivity index (χ0v) is 15.6. The molecule has 0 bridgehead atoms. The fourth-order valence-corrected chi connectivity index (χ4v) is 2.93. The lowest BCUT2D eigenvalue weighted by atomic mass is 10.1. The van der Waals surface area contributed by atoms with Gasteiger partial charge in [-0.1, -0.05) is 30.3 Å². The van der Waals surface area contributed by atoms with Crippen molar-refractivity contribution in [2.24, 2.45) is 0 Å². The van der Waals surface area contributed by atoms with Crippen molar-refractivity contribution in [3.8, 4) is 0 Å². The first-order valence-corrected chi connectivity index (χ1v) is 9.11. The van der Waals surface area contributed by atoms with Gasteiger partial charge in [-0.15, -0.1) is 0 Å². The third-order valence-corrected chi connectivity index (χ3v) is 4.50. The number of benzene rings is 2. The highest BCUT2D eigenvalue weighted by Crippen LogP contribution is 2.17. The molecule has 3 aromatic rings. The van der Waals surface area contributed by atoms with E-state index in [1.165, 1.54) is 10.9 Å². The third-order valence-electron chi connectivity index (χ3n) is 4.50. The minimum absolute atomic E-state index is 0.0516. The van der Waals surface area contributed by atoms with Crippen LogP contribution in [0.15, 0.2) is 59.7 Å². The Morgan fingerprint density at radius 2 is 1.75 bits per heavy atom. The Morgan fingerprint density at radius 3 is 2.57 bits per heavy atom. The van der Waals surface area contributed by atoms with E-state index in [0.29, 0.717) is 29.4 Å². The zero-order chi connectivity index (χ0) is 19.9. The molecule has 28 heavy (non-hydrogen) atoms. The van der Waals surface area contributed by atoms with E-state index in [1.807, 2.05) is 24.3 Å². The Hall–Kier alpha value is -3.48. The van der Waals surface area contributed by atoms with Gasteiger partial charge in [0.05, 0.1) is 17.2 Å². The standard InChI is InChI=1S/C21H22N4O3/c1-22-19(26)11-10-15-6-2-4-8-17(15)24-20(27)12-13-25-14-23-18-9-5-3-7-16(18)21(25)28/h2-9,14H,10-13H2,1H3,(H,22,26)(H,24,27). The summed E-state index contributed by atoms with van der Waals surface area (Å²) >= 11 is 0. The molecule has 0 aliphatic rings. The Bertz CT molecular complexity index is 1060. The summed E-state index contributed by atoms with van der Waals surface area (Å²) in [6, 6.07) is 14.5. The van der Waals surface area contributed by atoms with Crippen LogP contribution in [0, 0.1) is 0 Å². The average Bonchev–Trinajstić information content (AvgIpc) is 2.72. The minimum atomic E-state index is -0.201. The van der Waals surface area contributed by atoms with E-state index in [2.05, 4.69) is 15.6 Å². The Labute approximate surface area is 162 Å². The van der Waals surface area contributed by atoms with Gasteiger partial charge in [0.2, 0.25) is 11.8 Å². The molecule has 0 spiro atoms. The molecule has 1 heterocycles. The fraction of sp³-hybridized carbons (Fsp3) is 0.238. The zero-order valence-electron chi connectivity index (χ0n) is 15.6. The van der Waals surface area contributed by atoms with Gasteiger partial charge in [0, 0.05) is 32.1 Å². The van der Waals surface area contributed by atoms with Gasteiger partial charge in [0.15, 0.2) is 0 Å².